The van der Waals surface area contributed by atoms with E-state index in [0.29, 0.717) is 6.54 Å². The van der Waals surface area contributed by atoms with Crippen LogP contribution >= 0.6 is 0 Å². The Morgan fingerprint density at radius 2 is 1.75 bits per heavy atom. The zero-order valence-electron chi connectivity index (χ0n) is 12.8. The molecule has 0 radical (unpaired) electrons. The largest absolute Gasteiger partial charge is 0.480 e. The van der Waals surface area contributed by atoms with Crippen LogP contribution in [0.1, 0.15) is 34.6 Å². The molecule has 4 N–H and O–H groups in total. The Bertz CT molecular complexity index is 374. The molecule has 0 aliphatic heterocycles. The van der Waals surface area contributed by atoms with Crippen molar-refractivity contribution < 1.29 is 19.5 Å². The van der Waals surface area contributed by atoms with E-state index in [0.717, 1.165) is 0 Å². The summed E-state index contributed by atoms with van der Waals surface area (Å²) in [7, 11) is 0. The Morgan fingerprint density at radius 1 is 1.25 bits per heavy atom. The first kappa shape index (κ1) is 18.2. The van der Waals surface area contributed by atoms with Crippen LogP contribution in [0.4, 0.5) is 4.79 Å². The van der Waals surface area contributed by atoms with Crippen molar-refractivity contribution in [3.8, 4) is 0 Å². The van der Waals surface area contributed by atoms with Gasteiger partial charge in [-0.05, 0) is 11.3 Å². The SMILES string of the molecule is CC(C)CN(CC(N)=O)C(=O)NC(C(=O)O)C(C)(C)C. The molecule has 0 bridgehead atoms. The quantitative estimate of drug-likeness (QED) is 0.665. The Labute approximate surface area is 119 Å². The number of carboxylic acid groups (broad SMARTS) is 1. The highest BCUT2D eigenvalue weighted by Gasteiger charge is 2.34. The van der Waals surface area contributed by atoms with Crippen LogP contribution in [0.2, 0.25) is 0 Å². The van der Waals surface area contributed by atoms with E-state index >= 15 is 0 Å². The number of urea groups is 1. The Morgan fingerprint density at radius 3 is 2.05 bits per heavy atom. The molecule has 0 aliphatic rings. The third kappa shape index (κ3) is 6.40. The van der Waals surface area contributed by atoms with Crippen molar-refractivity contribution in [3.05, 3.63) is 0 Å². The van der Waals surface area contributed by atoms with Crippen LogP contribution < -0.4 is 11.1 Å². The van der Waals surface area contributed by atoms with Gasteiger partial charge in [-0.3, -0.25) is 4.79 Å². The summed E-state index contributed by atoms with van der Waals surface area (Å²) >= 11 is 0. The molecule has 0 spiro atoms. The van der Waals surface area contributed by atoms with Gasteiger partial charge in [-0.25, -0.2) is 9.59 Å². The molecule has 0 heterocycles. The van der Waals surface area contributed by atoms with Crippen molar-refractivity contribution in [2.75, 3.05) is 13.1 Å². The maximum absolute atomic E-state index is 12.1. The summed E-state index contributed by atoms with van der Waals surface area (Å²) in [5.74, 6) is -1.61. The van der Waals surface area contributed by atoms with Crippen molar-refractivity contribution in [2.45, 2.75) is 40.7 Å². The third-order valence-electron chi connectivity index (χ3n) is 2.60. The highest BCUT2D eigenvalue weighted by atomic mass is 16.4. The summed E-state index contributed by atoms with van der Waals surface area (Å²) < 4.78 is 0. The molecule has 116 valence electrons. The zero-order chi connectivity index (χ0) is 16.1. The highest BCUT2D eigenvalue weighted by molar-refractivity contribution is 5.86. The van der Waals surface area contributed by atoms with Crippen LogP contribution in [-0.2, 0) is 9.59 Å². The number of nitrogens with one attached hydrogen (secondary N) is 1. The number of hydrogen-bond donors (Lipinski definition) is 3. The number of nitrogens with two attached hydrogens (primary N) is 1. The van der Waals surface area contributed by atoms with Gasteiger partial charge in [0.25, 0.3) is 0 Å². The molecule has 0 rings (SSSR count). The maximum atomic E-state index is 12.1. The van der Waals surface area contributed by atoms with Gasteiger partial charge in [0.15, 0.2) is 0 Å². The Kier molecular flexibility index (Phi) is 6.48. The van der Waals surface area contributed by atoms with Gasteiger partial charge in [0.05, 0.1) is 0 Å². The number of amides is 3. The van der Waals surface area contributed by atoms with Crippen LogP contribution in [0, 0.1) is 11.3 Å². The number of aliphatic carboxylic acids is 1. The van der Waals surface area contributed by atoms with Gasteiger partial charge < -0.3 is 21.1 Å². The number of carbonyl (C=O) groups is 3. The molecule has 0 saturated heterocycles. The first-order valence-corrected chi connectivity index (χ1v) is 6.51. The van der Waals surface area contributed by atoms with Crippen molar-refractivity contribution in [1.82, 2.24) is 10.2 Å². The van der Waals surface area contributed by atoms with Gasteiger partial charge in [0.1, 0.15) is 12.6 Å². The number of carbonyl (C=O) groups excluding carboxylic acids is 2. The smallest absolute Gasteiger partial charge is 0.326 e. The average Bonchev–Trinajstić information content (AvgIpc) is 2.20. The minimum atomic E-state index is -1.12. The summed E-state index contributed by atoms with van der Waals surface area (Å²) in [6.45, 7) is 9.01. The first-order chi connectivity index (χ1) is 8.95. The van der Waals surface area contributed by atoms with Gasteiger partial charge >= 0.3 is 12.0 Å². The van der Waals surface area contributed by atoms with E-state index in [2.05, 4.69) is 5.32 Å². The molecule has 7 nitrogen and oxygen atoms in total. The molecule has 7 heteroatoms. The van der Waals surface area contributed by atoms with Crippen molar-refractivity contribution in [3.63, 3.8) is 0 Å². The van der Waals surface area contributed by atoms with E-state index in [-0.39, 0.29) is 12.5 Å². The second kappa shape index (κ2) is 7.12. The van der Waals surface area contributed by atoms with Crippen LogP contribution in [0.15, 0.2) is 0 Å². The molecule has 0 aromatic heterocycles. The fraction of sp³-hybridized carbons (Fsp3) is 0.769. The van der Waals surface area contributed by atoms with Crippen molar-refractivity contribution in [1.29, 1.82) is 0 Å². The monoisotopic (exact) mass is 287 g/mol. The van der Waals surface area contributed by atoms with Gasteiger partial charge in [-0.1, -0.05) is 34.6 Å². The zero-order valence-corrected chi connectivity index (χ0v) is 12.8. The maximum Gasteiger partial charge on any atom is 0.326 e. The molecule has 3 amide bonds. The normalized spacial score (nSPS) is 12.9. The van der Waals surface area contributed by atoms with Crippen LogP contribution in [0.5, 0.6) is 0 Å². The topological polar surface area (TPSA) is 113 Å². The number of hydrogen-bond acceptors (Lipinski definition) is 3. The summed E-state index contributed by atoms with van der Waals surface area (Å²) in [6, 6.07) is -1.64. The van der Waals surface area contributed by atoms with E-state index in [1.54, 1.807) is 20.8 Å². The molecule has 0 aliphatic carbocycles. The summed E-state index contributed by atoms with van der Waals surface area (Å²) in [6.07, 6.45) is 0. The number of primary amides is 1. The molecule has 0 aromatic carbocycles. The molecule has 0 aromatic rings. The number of rotatable bonds is 6. The molecule has 0 saturated carbocycles. The lowest BCUT2D eigenvalue weighted by Gasteiger charge is -2.31. The second-order valence-corrected chi connectivity index (χ2v) is 6.33. The summed E-state index contributed by atoms with van der Waals surface area (Å²) in [5, 5.41) is 11.6. The van der Waals surface area contributed by atoms with Gasteiger partial charge in [0, 0.05) is 6.54 Å². The van der Waals surface area contributed by atoms with Gasteiger partial charge in [-0.15, -0.1) is 0 Å². The van der Waals surface area contributed by atoms with E-state index in [9.17, 15) is 19.5 Å². The van der Waals surface area contributed by atoms with Gasteiger partial charge in [0.2, 0.25) is 5.91 Å². The second-order valence-electron chi connectivity index (χ2n) is 6.33. The number of carboxylic acids is 1. The number of nitrogens with zero attached hydrogens (tertiary/aromatic N) is 1. The van der Waals surface area contributed by atoms with Crippen LogP contribution in [0.3, 0.4) is 0 Å². The lowest BCUT2D eigenvalue weighted by Crippen LogP contribution is -2.55. The third-order valence-corrected chi connectivity index (χ3v) is 2.60. The fourth-order valence-corrected chi connectivity index (χ4v) is 1.71. The van der Waals surface area contributed by atoms with E-state index < -0.39 is 29.4 Å². The first-order valence-electron chi connectivity index (χ1n) is 6.51. The molecule has 1 unspecified atom stereocenters. The molecular weight excluding hydrogens is 262 g/mol. The minimum Gasteiger partial charge on any atom is -0.480 e. The molecule has 1 atom stereocenters. The average molecular weight is 287 g/mol. The van der Waals surface area contributed by atoms with Gasteiger partial charge in [-0.2, -0.15) is 0 Å². The standard InChI is InChI=1S/C13H25N3O4/c1-8(2)6-16(7-9(14)17)12(20)15-10(11(18)19)13(3,4)5/h8,10H,6-7H2,1-5H3,(H2,14,17)(H,15,20)(H,18,19). The lowest BCUT2D eigenvalue weighted by molar-refractivity contribution is -0.142. The van der Waals surface area contributed by atoms with Crippen LogP contribution in [-0.4, -0.2) is 47.0 Å². The van der Waals surface area contributed by atoms with Crippen molar-refractivity contribution in [2.24, 2.45) is 17.1 Å². The predicted octanol–water partition coefficient (Wildman–Crippen LogP) is 0.639. The summed E-state index contributed by atoms with van der Waals surface area (Å²) in [5.41, 5.74) is 4.47. The molecule has 20 heavy (non-hydrogen) atoms. The summed E-state index contributed by atoms with van der Waals surface area (Å²) in [4.78, 5) is 35.6. The lowest BCUT2D eigenvalue weighted by atomic mass is 9.87. The molecule has 0 fully saturated rings. The fourth-order valence-electron chi connectivity index (χ4n) is 1.71. The molecular formula is C13H25N3O4. The Hall–Kier alpha value is -1.79. The van der Waals surface area contributed by atoms with Crippen LogP contribution in [0.25, 0.3) is 0 Å². The van der Waals surface area contributed by atoms with Crippen molar-refractivity contribution >= 4 is 17.9 Å². The predicted molar refractivity (Wildman–Crippen MR) is 75.0 cm³/mol. The van der Waals surface area contributed by atoms with E-state index in [4.69, 9.17) is 5.73 Å². The van der Waals surface area contributed by atoms with E-state index in [1.807, 2.05) is 13.8 Å². The minimum absolute atomic E-state index is 0.137. The highest BCUT2D eigenvalue weighted by Crippen LogP contribution is 2.19. The Balaban J connectivity index is 4.97. The van der Waals surface area contributed by atoms with E-state index in [1.165, 1.54) is 4.90 Å².